The number of benzene rings is 1. The number of unbranched alkanes of at least 4 members (excludes halogenated alkanes) is 5. The minimum absolute atomic E-state index is 0.167. The molecule has 2 N–H and O–H groups in total. The van der Waals surface area contributed by atoms with E-state index in [-0.39, 0.29) is 5.41 Å². The minimum Gasteiger partial charge on any atom is -0.494 e. The number of hydrogen-bond acceptors (Lipinski definition) is 3. The Morgan fingerprint density at radius 2 is 1.71 bits per heavy atom. The quantitative estimate of drug-likeness (QED) is 0.148. The molecule has 0 spiro atoms. The van der Waals surface area contributed by atoms with E-state index >= 15 is 0 Å². The van der Waals surface area contributed by atoms with Gasteiger partial charge >= 0.3 is 0 Å². The van der Waals surface area contributed by atoms with Gasteiger partial charge in [-0.15, -0.1) is 6.58 Å². The summed E-state index contributed by atoms with van der Waals surface area (Å²) >= 11 is 4.97. The van der Waals surface area contributed by atoms with Gasteiger partial charge in [-0.25, -0.2) is 0 Å². The third-order valence-corrected chi connectivity index (χ3v) is 7.60. The molecule has 0 aromatic heterocycles. The number of hydrogen-bond donors (Lipinski definition) is 1. The lowest BCUT2D eigenvalue weighted by molar-refractivity contribution is 0.124. The van der Waals surface area contributed by atoms with Crippen LogP contribution in [0.1, 0.15) is 77.2 Å². The molecule has 1 aromatic carbocycles. The van der Waals surface area contributed by atoms with E-state index in [0.29, 0.717) is 23.4 Å². The minimum atomic E-state index is 0.167. The van der Waals surface area contributed by atoms with E-state index in [9.17, 15) is 0 Å². The van der Waals surface area contributed by atoms with Gasteiger partial charge < -0.3 is 15.2 Å². The molecular formula is C30H45NO2S. The Balaban J connectivity index is 1.48. The lowest BCUT2D eigenvalue weighted by Crippen LogP contribution is -2.34. The molecular weight excluding hydrogens is 438 g/mol. The molecule has 0 aliphatic heterocycles. The number of allylic oxidation sites excluding steroid dienone is 2. The molecule has 1 fully saturated rings. The van der Waals surface area contributed by atoms with Crippen LogP contribution in [-0.2, 0) is 4.74 Å². The summed E-state index contributed by atoms with van der Waals surface area (Å²) in [6.45, 7) is 19.4. The molecule has 188 valence electrons. The van der Waals surface area contributed by atoms with Crippen molar-refractivity contribution in [2.24, 2.45) is 23.0 Å². The van der Waals surface area contributed by atoms with E-state index in [1.807, 2.05) is 24.3 Å². The first-order valence-corrected chi connectivity index (χ1v) is 13.2. The van der Waals surface area contributed by atoms with Crippen LogP contribution in [-0.4, -0.2) is 24.8 Å². The van der Waals surface area contributed by atoms with Crippen LogP contribution in [0, 0.1) is 17.3 Å². The Labute approximate surface area is 213 Å². The third-order valence-electron chi connectivity index (χ3n) is 7.36. The van der Waals surface area contributed by atoms with Crippen LogP contribution in [0.5, 0.6) is 5.75 Å². The first kappa shape index (κ1) is 28.3. The first-order valence-electron chi connectivity index (χ1n) is 12.8. The fraction of sp³-hybridized carbons (Fsp3) is 0.567. The molecule has 0 radical (unpaired) electrons. The maximum Gasteiger partial charge on any atom is 0.119 e. The molecule has 0 amide bonds. The van der Waals surface area contributed by atoms with Crippen molar-refractivity contribution in [3.63, 3.8) is 0 Å². The van der Waals surface area contributed by atoms with Crippen molar-refractivity contribution in [1.29, 1.82) is 0 Å². The van der Waals surface area contributed by atoms with Crippen molar-refractivity contribution < 1.29 is 9.47 Å². The van der Waals surface area contributed by atoms with Gasteiger partial charge in [-0.1, -0.05) is 69.6 Å². The molecule has 4 heteroatoms. The zero-order valence-electron chi connectivity index (χ0n) is 21.5. The van der Waals surface area contributed by atoms with Gasteiger partial charge in [0.1, 0.15) is 10.7 Å². The predicted octanol–water partition coefficient (Wildman–Crippen LogP) is 7.80. The Morgan fingerprint density at radius 1 is 1.09 bits per heavy atom. The largest absolute Gasteiger partial charge is 0.494 e. The summed E-state index contributed by atoms with van der Waals surface area (Å²) in [6, 6.07) is 7.66. The summed E-state index contributed by atoms with van der Waals surface area (Å²) in [5.41, 5.74) is 9.16. The topological polar surface area (TPSA) is 44.5 Å². The van der Waals surface area contributed by atoms with Crippen molar-refractivity contribution in [1.82, 2.24) is 0 Å². The van der Waals surface area contributed by atoms with Gasteiger partial charge in [0.05, 0.1) is 13.2 Å². The maximum atomic E-state index is 5.96. The molecule has 0 saturated heterocycles. The average molecular weight is 484 g/mol. The van der Waals surface area contributed by atoms with Crippen LogP contribution >= 0.6 is 12.2 Å². The second-order valence-corrected chi connectivity index (χ2v) is 10.6. The fourth-order valence-corrected chi connectivity index (χ4v) is 5.09. The van der Waals surface area contributed by atoms with Crippen LogP contribution in [0.2, 0.25) is 0 Å². The summed E-state index contributed by atoms with van der Waals surface area (Å²) in [4.78, 5) is 0.416. The standard InChI is InChI=1S/C30H45NO2S/c1-6-30(5)18-17-26(21-28(30)23(2)3)24(4)22-32-19-11-9-7-8-10-12-20-33-27-15-13-25(14-16-27)29(31)34/h6,13-16,26,28H,1-2,4,7-12,17-22H2,3,5H3,(H2,31,34)/t26-,28+,30-/m1/s1. The molecule has 1 saturated carbocycles. The Morgan fingerprint density at radius 3 is 2.29 bits per heavy atom. The van der Waals surface area contributed by atoms with Crippen molar-refractivity contribution in [2.45, 2.75) is 71.6 Å². The highest BCUT2D eigenvalue weighted by Crippen LogP contribution is 2.48. The summed E-state index contributed by atoms with van der Waals surface area (Å²) in [5, 5.41) is 0. The smallest absolute Gasteiger partial charge is 0.119 e. The van der Waals surface area contributed by atoms with E-state index in [0.717, 1.165) is 50.2 Å². The molecule has 0 bridgehead atoms. The highest BCUT2D eigenvalue weighted by atomic mass is 32.1. The summed E-state index contributed by atoms with van der Waals surface area (Å²) in [5.74, 6) is 1.89. The van der Waals surface area contributed by atoms with Crippen LogP contribution in [0.25, 0.3) is 0 Å². The lowest BCUT2D eigenvalue weighted by Gasteiger charge is -2.43. The Hall–Kier alpha value is -1.91. The highest BCUT2D eigenvalue weighted by molar-refractivity contribution is 7.80. The zero-order valence-corrected chi connectivity index (χ0v) is 22.3. The number of rotatable bonds is 16. The normalized spacial score (nSPS) is 22.2. The van der Waals surface area contributed by atoms with Gasteiger partial charge in [0, 0.05) is 12.2 Å². The van der Waals surface area contributed by atoms with Crippen LogP contribution in [0.3, 0.4) is 0 Å². The van der Waals surface area contributed by atoms with Gasteiger partial charge in [0.25, 0.3) is 0 Å². The molecule has 1 aliphatic rings. The van der Waals surface area contributed by atoms with Crippen LogP contribution in [0.4, 0.5) is 0 Å². The van der Waals surface area contributed by atoms with E-state index in [1.165, 1.54) is 43.3 Å². The van der Waals surface area contributed by atoms with Crippen molar-refractivity contribution in [3.8, 4) is 5.75 Å². The molecule has 1 aromatic rings. The van der Waals surface area contributed by atoms with Crippen molar-refractivity contribution in [2.75, 3.05) is 19.8 Å². The number of nitrogens with two attached hydrogens (primary N) is 1. The van der Waals surface area contributed by atoms with E-state index < -0.39 is 0 Å². The predicted molar refractivity (Wildman–Crippen MR) is 149 cm³/mol. The zero-order chi connectivity index (χ0) is 25.0. The lowest BCUT2D eigenvalue weighted by atomic mass is 9.61. The highest BCUT2D eigenvalue weighted by Gasteiger charge is 2.38. The second-order valence-electron chi connectivity index (χ2n) is 10.1. The van der Waals surface area contributed by atoms with E-state index in [1.54, 1.807) is 0 Å². The fourth-order valence-electron chi connectivity index (χ4n) is 4.95. The van der Waals surface area contributed by atoms with Gasteiger partial charge in [0.15, 0.2) is 0 Å². The van der Waals surface area contributed by atoms with E-state index in [2.05, 4.69) is 39.7 Å². The van der Waals surface area contributed by atoms with Crippen molar-refractivity contribution in [3.05, 3.63) is 66.8 Å². The van der Waals surface area contributed by atoms with Crippen molar-refractivity contribution >= 4 is 17.2 Å². The second kappa shape index (κ2) is 14.5. The molecule has 2 rings (SSSR count). The van der Waals surface area contributed by atoms with Gasteiger partial charge in [-0.3, -0.25) is 0 Å². The molecule has 0 unspecified atom stereocenters. The first-order chi connectivity index (χ1) is 16.3. The third kappa shape index (κ3) is 9.03. The molecule has 3 atom stereocenters. The van der Waals surface area contributed by atoms with Gasteiger partial charge in [-0.05, 0) is 86.1 Å². The van der Waals surface area contributed by atoms with Crippen LogP contribution < -0.4 is 10.5 Å². The summed E-state index contributed by atoms with van der Waals surface area (Å²) in [7, 11) is 0. The number of ether oxygens (including phenoxy) is 2. The summed E-state index contributed by atoms with van der Waals surface area (Å²) < 4.78 is 11.8. The number of thiocarbonyl (C=S) groups is 1. The molecule has 0 heterocycles. The monoisotopic (exact) mass is 483 g/mol. The van der Waals surface area contributed by atoms with E-state index in [4.69, 9.17) is 27.4 Å². The maximum absolute atomic E-state index is 5.96. The Bertz CT molecular complexity index is 816. The molecule has 1 aliphatic carbocycles. The van der Waals surface area contributed by atoms with Gasteiger partial charge in [-0.2, -0.15) is 0 Å². The molecule has 34 heavy (non-hydrogen) atoms. The summed E-state index contributed by atoms with van der Waals surface area (Å²) in [6.07, 6.45) is 12.7. The van der Waals surface area contributed by atoms with Crippen LogP contribution in [0.15, 0.2) is 61.2 Å². The average Bonchev–Trinajstić information content (AvgIpc) is 2.82. The Kier molecular flexibility index (Phi) is 12.1. The molecule has 3 nitrogen and oxygen atoms in total. The van der Waals surface area contributed by atoms with Gasteiger partial charge in [0.2, 0.25) is 0 Å². The SMILES string of the molecule is C=C[C@]1(C)CC[C@@H](C(=C)COCCCCCCCCOc2ccc(C(N)=S)cc2)C[C@H]1C(=C)C.